The van der Waals surface area contributed by atoms with E-state index in [1.54, 1.807) is 0 Å². The Morgan fingerprint density at radius 3 is 2.33 bits per heavy atom. The predicted molar refractivity (Wildman–Crippen MR) is 25.7 cm³/mol. The van der Waals surface area contributed by atoms with Gasteiger partial charge in [-0.05, 0) is 0 Å². The van der Waals surface area contributed by atoms with Gasteiger partial charge in [-0.15, -0.1) is 0 Å². The van der Waals surface area contributed by atoms with Crippen molar-refractivity contribution in [3.63, 3.8) is 0 Å². The molecule has 0 aromatic heterocycles. The van der Waals surface area contributed by atoms with Crippen LogP contribution in [0.1, 0.15) is 0 Å². The molecule has 3 aliphatic rings. The van der Waals surface area contributed by atoms with Gasteiger partial charge in [0.1, 0.15) is 0 Å². The van der Waals surface area contributed by atoms with Crippen molar-refractivity contribution in [3.05, 3.63) is 12.4 Å². The Labute approximate surface area is 57.8 Å². The van der Waals surface area contributed by atoms with Gasteiger partial charge < -0.3 is 0 Å². The van der Waals surface area contributed by atoms with E-state index in [9.17, 15) is 4.79 Å². The van der Waals surface area contributed by atoms with Crippen LogP contribution in [0.4, 0.5) is 4.79 Å². The van der Waals surface area contributed by atoms with Gasteiger partial charge >= 0.3 is 57.2 Å². The third-order valence-electron chi connectivity index (χ3n) is 1.89. The summed E-state index contributed by atoms with van der Waals surface area (Å²) < 4.78 is 3.39. The summed E-state index contributed by atoms with van der Waals surface area (Å²) in [6.07, 6.45) is 3.77. The first kappa shape index (κ1) is 5.24. The molecular formula is C4H5N2O2Zn. The fourth-order valence-corrected chi connectivity index (χ4v) is 6.05. The zero-order valence-corrected chi connectivity index (χ0v) is 7.79. The van der Waals surface area contributed by atoms with Gasteiger partial charge in [-0.3, -0.25) is 0 Å². The Morgan fingerprint density at radius 1 is 1.56 bits per heavy atom. The number of rotatable bonds is 1. The van der Waals surface area contributed by atoms with E-state index in [2.05, 4.69) is 0 Å². The summed E-state index contributed by atoms with van der Waals surface area (Å²) >= 11 is -2.32. The summed E-state index contributed by atoms with van der Waals surface area (Å²) in [7, 11) is 0. The average Bonchev–Trinajstić information content (AvgIpc) is 2.13. The van der Waals surface area contributed by atoms with Crippen molar-refractivity contribution in [1.82, 2.24) is 7.29 Å². The number of carboxylic acid groups (broad SMARTS) is 1. The van der Waals surface area contributed by atoms with Crippen molar-refractivity contribution in [3.8, 4) is 0 Å². The third-order valence-corrected chi connectivity index (χ3v) is 7.98. The minimum absolute atomic E-state index is 0.564. The molecule has 0 atom stereocenters. The quantitative estimate of drug-likeness (QED) is 0.582. The minimum atomic E-state index is -2.32. The molecule has 3 aliphatic heterocycles. The van der Waals surface area contributed by atoms with Crippen molar-refractivity contribution in [2.24, 2.45) is 0 Å². The molecule has 0 spiro atoms. The first-order chi connectivity index (χ1) is 4.29. The topological polar surface area (TPSA) is 43.8 Å². The zero-order valence-electron chi connectivity index (χ0n) is 4.82. The number of nitrogens with zero attached hydrogens (tertiary/aromatic N) is 2. The molecular weight excluding hydrogens is 173 g/mol. The van der Waals surface area contributed by atoms with Gasteiger partial charge in [0.15, 0.2) is 0 Å². The molecule has 0 radical (unpaired) electrons. The molecule has 0 amide bonds. The molecule has 9 heavy (non-hydrogen) atoms. The number of hydrogen-bond donors (Lipinski definition) is 1. The van der Waals surface area contributed by atoms with Gasteiger partial charge in [0.25, 0.3) is 0 Å². The maximum absolute atomic E-state index is 10.4. The van der Waals surface area contributed by atoms with E-state index >= 15 is 0 Å². The summed E-state index contributed by atoms with van der Waals surface area (Å²) in [6.45, 7) is 0.840. The van der Waals surface area contributed by atoms with Gasteiger partial charge in [-0.25, -0.2) is 0 Å². The molecule has 0 unspecified atom stereocenters. The van der Waals surface area contributed by atoms with Crippen LogP contribution in [0, 0.1) is 0 Å². The average molecular weight is 178 g/mol. The first-order valence-electron chi connectivity index (χ1n) is 2.90. The summed E-state index contributed by atoms with van der Waals surface area (Å²) in [5.74, 6) is 0. The van der Waals surface area contributed by atoms with Crippen molar-refractivity contribution in [2.45, 2.75) is 0 Å². The molecule has 3 rings (SSSR count). The molecule has 0 aromatic rings. The molecule has 1 saturated heterocycles. The van der Waals surface area contributed by atoms with Crippen molar-refractivity contribution in [1.29, 1.82) is 0 Å². The molecule has 2 bridgehead atoms. The molecule has 1 fully saturated rings. The van der Waals surface area contributed by atoms with Crippen LogP contribution in [0.15, 0.2) is 12.4 Å². The summed E-state index contributed by atoms with van der Waals surface area (Å²) in [6, 6.07) is 0. The van der Waals surface area contributed by atoms with Crippen molar-refractivity contribution < 1.29 is 26.3 Å². The van der Waals surface area contributed by atoms with E-state index in [0.717, 1.165) is 6.67 Å². The van der Waals surface area contributed by atoms with Crippen LogP contribution in [0.2, 0.25) is 0 Å². The molecule has 0 saturated carbocycles. The molecule has 3 heterocycles. The maximum atomic E-state index is 10.4. The second-order valence-corrected chi connectivity index (χ2v) is 9.07. The summed E-state index contributed by atoms with van der Waals surface area (Å²) in [5.41, 5.74) is 0. The standard InChI is InChI=1S/C3H4N2.CHO2.Zn/c1-2-5-3-4-1;2-1-3;/h1-2H,3H2;(H,2,3);/q-2;;+2. The van der Waals surface area contributed by atoms with Gasteiger partial charge in [0, 0.05) is 0 Å². The second-order valence-electron chi connectivity index (χ2n) is 2.47. The van der Waals surface area contributed by atoms with E-state index in [0.29, 0.717) is 0 Å². The molecule has 1 N–H and O–H groups in total. The Hall–Kier alpha value is -0.567. The van der Waals surface area contributed by atoms with Crippen LogP contribution in [0.5, 0.6) is 0 Å². The van der Waals surface area contributed by atoms with Crippen LogP contribution in [0.25, 0.3) is 0 Å². The van der Waals surface area contributed by atoms with Crippen LogP contribution in [0.3, 0.4) is 0 Å². The fraction of sp³-hybridized carbons (Fsp3) is 0.250. The van der Waals surface area contributed by atoms with E-state index in [1.165, 1.54) is 0 Å². The second kappa shape index (κ2) is 1.48. The predicted octanol–water partition coefficient (Wildman–Crippen LogP) is 0.173. The van der Waals surface area contributed by atoms with Crippen LogP contribution >= 0.6 is 0 Å². The SMILES string of the molecule is O=[C](O)[Zn]1[N]2C=C[N]1C2. The van der Waals surface area contributed by atoms with Crippen molar-refractivity contribution >= 4 is 4.56 Å². The normalized spacial score (nSPS) is 20.7. The number of hydrogen-bond acceptors (Lipinski definition) is 3. The van der Waals surface area contributed by atoms with Crippen LogP contribution < -0.4 is 0 Å². The molecule has 5 heteroatoms. The molecule has 0 aromatic carbocycles. The molecule has 4 nitrogen and oxygen atoms in total. The number of carbonyl (C=O) groups is 1. The summed E-state index contributed by atoms with van der Waals surface area (Å²) in [4.78, 5) is 10.4. The van der Waals surface area contributed by atoms with Crippen molar-refractivity contribution in [2.75, 3.05) is 6.67 Å². The molecule has 45 valence electrons. The Bertz CT molecular complexity index is 181. The monoisotopic (exact) mass is 177 g/mol. The van der Waals surface area contributed by atoms with Gasteiger partial charge in [-0.1, -0.05) is 0 Å². The van der Waals surface area contributed by atoms with E-state index < -0.39 is 21.0 Å². The van der Waals surface area contributed by atoms with Gasteiger partial charge in [0.05, 0.1) is 0 Å². The van der Waals surface area contributed by atoms with Gasteiger partial charge in [-0.2, -0.15) is 0 Å². The van der Waals surface area contributed by atoms with Crippen LogP contribution in [-0.2, 0) is 16.4 Å². The summed E-state index contributed by atoms with van der Waals surface area (Å²) in [5, 5.41) is 8.58. The fourth-order valence-electron chi connectivity index (χ4n) is 1.36. The van der Waals surface area contributed by atoms with Gasteiger partial charge in [0.2, 0.25) is 0 Å². The van der Waals surface area contributed by atoms with E-state index in [-0.39, 0.29) is 0 Å². The first-order valence-corrected chi connectivity index (χ1v) is 7.03. The molecule has 0 aliphatic carbocycles. The Morgan fingerprint density at radius 2 is 2.11 bits per heavy atom. The Kier molecular flexibility index (Phi) is 0.859. The van der Waals surface area contributed by atoms with Crippen LogP contribution in [-0.4, -0.2) is 23.6 Å². The third kappa shape index (κ3) is 0.526. The Balaban J connectivity index is 2.15. The zero-order chi connectivity index (χ0) is 6.43. The van der Waals surface area contributed by atoms with E-state index in [1.807, 2.05) is 19.7 Å². The van der Waals surface area contributed by atoms with E-state index in [4.69, 9.17) is 5.11 Å².